The molecule has 8 heteroatoms. The van der Waals surface area contributed by atoms with E-state index < -0.39 is 17.8 Å². The Labute approximate surface area is 141 Å². The second-order valence-corrected chi connectivity index (χ2v) is 5.14. The topological polar surface area (TPSA) is 97.6 Å². The molecule has 2 amide bonds. The SMILES string of the molecule is O=C1NC(=S)NC(=O)C1=Cc1ccc(OC(=O)c2ccco2)cc1. The van der Waals surface area contributed by atoms with Gasteiger partial charge in [-0.25, -0.2) is 4.79 Å². The normalized spacial score (nSPS) is 14.0. The summed E-state index contributed by atoms with van der Waals surface area (Å²) in [6, 6.07) is 9.35. The van der Waals surface area contributed by atoms with Crippen LogP contribution in [0.3, 0.4) is 0 Å². The highest BCUT2D eigenvalue weighted by atomic mass is 32.1. The van der Waals surface area contributed by atoms with Gasteiger partial charge in [-0.1, -0.05) is 12.1 Å². The van der Waals surface area contributed by atoms with Crippen molar-refractivity contribution in [2.45, 2.75) is 0 Å². The summed E-state index contributed by atoms with van der Waals surface area (Å²) in [7, 11) is 0. The molecule has 1 aromatic heterocycles. The average molecular weight is 342 g/mol. The highest BCUT2D eigenvalue weighted by Crippen LogP contribution is 2.17. The fourth-order valence-corrected chi connectivity index (χ4v) is 2.14. The van der Waals surface area contributed by atoms with Gasteiger partial charge < -0.3 is 9.15 Å². The Balaban J connectivity index is 1.74. The third-order valence-electron chi connectivity index (χ3n) is 3.07. The Hall–Kier alpha value is -3.26. The quantitative estimate of drug-likeness (QED) is 0.288. The smallest absolute Gasteiger partial charge is 0.379 e. The highest BCUT2D eigenvalue weighted by molar-refractivity contribution is 7.80. The zero-order valence-corrected chi connectivity index (χ0v) is 12.9. The lowest BCUT2D eigenvalue weighted by Gasteiger charge is -2.16. The Morgan fingerprint density at radius 2 is 1.75 bits per heavy atom. The van der Waals surface area contributed by atoms with Crippen LogP contribution >= 0.6 is 12.2 Å². The van der Waals surface area contributed by atoms with Crippen molar-refractivity contribution >= 4 is 41.2 Å². The van der Waals surface area contributed by atoms with Crippen LogP contribution in [-0.4, -0.2) is 22.9 Å². The Morgan fingerprint density at radius 3 is 2.33 bits per heavy atom. The van der Waals surface area contributed by atoms with Crippen molar-refractivity contribution in [2.75, 3.05) is 0 Å². The van der Waals surface area contributed by atoms with E-state index in [4.69, 9.17) is 21.4 Å². The summed E-state index contributed by atoms with van der Waals surface area (Å²) >= 11 is 4.72. The van der Waals surface area contributed by atoms with Crippen LogP contribution in [0.4, 0.5) is 0 Å². The molecule has 1 fully saturated rings. The van der Waals surface area contributed by atoms with E-state index in [2.05, 4.69) is 10.6 Å². The molecule has 1 aliphatic heterocycles. The average Bonchev–Trinajstić information content (AvgIpc) is 3.07. The molecule has 0 bridgehead atoms. The fraction of sp³-hybridized carbons (Fsp3) is 0. The van der Waals surface area contributed by atoms with Gasteiger partial charge in [0.05, 0.1) is 6.26 Å². The number of hydrogen-bond donors (Lipinski definition) is 2. The summed E-state index contributed by atoms with van der Waals surface area (Å²) in [5, 5.41) is 4.67. The Bertz CT molecular complexity index is 831. The largest absolute Gasteiger partial charge is 0.457 e. The number of carbonyl (C=O) groups excluding carboxylic acids is 3. The first-order valence-electron chi connectivity index (χ1n) is 6.77. The zero-order chi connectivity index (χ0) is 17.1. The van der Waals surface area contributed by atoms with Gasteiger partial charge in [0, 0.05) is 0 Å². The van der Waals surface area contributed by atoms with E-state index in [1.165, 1.54) is 30.5 Å². The lowest BCUT2D eigenvalue weighted by atomic mass is 10.1. The molecule has 3 rings (SSSR count). The van der Waals surface area contributed by atoms with Gasteiger partial charge in [0.25, 0.3) is 11.8 Å². The number of thiocarbonyl (C=S) groups is 1. The number of rotatable bonds is 3. The number of amides is 2. The number of benzene rings is 1. The van der Waals surface area contributed by atoms with E-state index in [1.807, 2.05) is 0 Å². The number of furan rings is 1. The summed E-state index contributed by atoms with van der Waals surface area (Å²) in [5.41, 5.74) is 0.518. The molecule has 0 spiro atoms. The van der Waals surface area contributed by atoms with E-state index in [1.54, 1.807) is 18.2 Å². The molecular formula is C16H10N2O5S. The molecule has 0 saturated carbocycles. The van der Waals surface area contributed by atoms with Gasteiger partial charge in [-0.3, -0.25) is 20.2 Å². The highest BCUT2D eigenvalue weighted by Gasteiger charge is 2.25. The molecule has 0 atom stereocenters. The molecular weight excluding hydrogens is 332 g/mol. The lowest BCUT2D eigenvalue weighted by Crippen LogP contribution is -2.51. The van der Waals surface area contributed by atoms with Crippen molar-refractivity contribution in [3.05, 3.63) is 59.6 Å². The summed E-state index contributed by atoms with van der Waals surface area (Å²) in [6.45, 7) is 0. The molecule has 0 radical (unpaired) electrons. The second kappa shape index (κ2) is 6.47. The van der Waals surface area contributed by atoms with Crippen molar-refractivity contribution in [3.8, 4) is 5.75 Å². The molecule has 24 heavy (non-hydrogen) atoms. The van der Waals surface area contributed by atoms with Crippen LogP contribution in [-0.2, 0) is 9.59 Å². The van der Waals surface area contributed by atoms with Crippen molar-refractivity contribution in [1.82, 2.24) is 10.6 Å². The predicted molar refractivity (Wildman–Crippen MR) is 87.0 cm³/mol. The second-order valence-electron chi connectivity index (χ2n) is 4.73. The van der Waals surface area contributed by atoms with Gasteiger partial charge in [-0.2, -0.15) is 0 Å². The van der Waals surface area contributed by atoms with Gasteiger partial charge in [0.1, 0.15) is 11.3 Å². The minimum Gasteiger partial charge on any atom is -0.457 e. The van der Waals surface area contributed by atoms with Crippen LogP contribution in [0, 0.1) is 0 Å². The van der Waals surface area contributed by atoms with E-state index in [-0.39, 0.29) is 16.4 Å². The Kier molecular flexibility index (Phi) is 4.21. The van der Waals surface area contributed by atoms with Crippen molar-refractivity contribution < 1.29 is 23.5 Å². The van der Waals surface area contributed by atoms with Crippen LogP contribution in [0.2, 0.25) is 0 Å². The third-order valence-corrected chi connectivity index (χ3v) is 3.27. The number of carbonyl (C=O) groups is 3. The Morgan fingerprint density at radius 1 is 1.08 bits per heavy atom. The van der Waals surface area contributed by atoms with Gasteiger partial charge in [-0.05, 0) is 48.1 Å². The maximum absolute atomic E-state index is 11.8. The van der Waals surface area contributed by atoms with Gasteiger partial charge in [0.15, 0.2) is 5.11 Å². The molecule has 120 valence electrons. The predicted octanol–water partition coefficient (Wildman–Crippen LogP) is 1.41. The van der Waals surface area contributed by atoms with Crippen LogP contribution in [0.5, 0.6) is 5.75 Å². The lowest BCUT2D eigenvalue weighted by molar-refractivity contribution is -0.123. The summed E-state index contributed by atoms with van der Waals surface area (Å²) in [5.74, 6) is -1.37. The minimum absolute atomic E-state index is 0.0256. The fourth-order valence-electron chi connectivity index (χ4n) is 1.96. The molecule has 2 N–H and O–H groups in total. The van der Waals surface area contributed by atoms with Gasteiger partial charge in [0.2, 0.25) is 5.76 Å². The van der Waals surface area contributed by atoms with Crippen molar-refractivity contribution in [1.29, 1.82) is 0 Å². The van der Waals surface area contributed by atoms with E-state index in [0.29, 0.717) is 11.3 Å². The third kappa shape index (κ3) is 3.39. The molecule has 7 nitrogen and oxygen atoms in total. The summed E-state index contributed by atoms with van der Waals surface area (Å²) < 4.78 is 10.1. The molecule has 0 aliphatic carbocycles. The first-order chi connectivity index (χ1) is 11.5. The van der Waals surface area contributed by atoms with E-state index in [9.17, 15) is 14.4 Å². The van der Waals surface area contributed by atoms with Crippen molar-refractivity contribution in [2.24, 2.45) is 0 Å². The van der Waals surface area contributed by atoms with Crippen LogP contribution in [0.1, 0.15) is 16.1 Å². The maximum Gasteiger partial charge on any atom is 0.379 e. The molecule has 2 heterocycles. The number of hydrogen-bond acceptors (Lipinski definition) is 6. The molecule has 0 unspecified atom stereocenters. The van der Waals surface area contributed by atoms with Gasteiger partial charge >= 0.3 is 5.97 Å². The zero-order valence-electron chi connectivity index (χ0n) is 12.1. The molecule has 2 aromatic rings. The first-order valence-corrected chi connectivity index (χ1v) is 7.18. The van der Waals surface area contributed by atoms with Crippen LogP contribution in [0.25, 0.3) is 6.08 Å². The van der Waals surface area contributed by atoms with E-state index >= 15 is 0 Å². The van der Waals surface area contributed by atoms with Crippen LogP contribution < -0.4 is 15.4 Å². The summed E-state index contributed by atoms with van der Waals surface area (Å²) in [6.07, 6.45) is 2.78. The molecule has 1 aromatic carbocycles. The minimum atomic E-state index is -0.620. The van der Waals surface area contributed by atoms with E-state index in [0.717, 1.165) is 0 Å². The maximum atomic E-state index is 11.8. The van der Waals surface area contributed by atoms with Crippen LogP contribution in [0.15, 0.2) is 52.7 Å². The standard InChI is InChI=1S/C16H10N2O5S/c19-13-11(14(20)18-16(24)17-13)8-9-3-5-10(6-4-9)23-15(21)12-2-1-7-22-12/h1-8H,(H2,17,18,19,20,24). The summed E-state index contributed by atoms with van der Waals surface area (Å²) in [4.78, 5) is 35.3. The van der Waals surface area contributed by atoms with Gasteiger partial charge in [-0.15, -0.1) is 0 Å². The number of ether oxygens (including phenoxy) is 1. The molecule has 1 saturated heterocycles. The number of esters is 1. The number of nitrogens with one attached hydrogen (secondary N) is 2. The molecule has 1 aliphatic rings. The first kappa shape index (κ1) is 15.6. The van der Waals surface area contributed by atoms with Crippen molar-refractivity contribution in [3.63, 3.8) is 0 Å². The monoisotopic (exact) mass is 342 g/mol.